The van der Waals surface area contributed by atoms with E-state index in [1.54, 1.807) is 36.4 Å². The number of rotatable bonds is 8. The van der Waals surface area contributed by atoms with Crippen LogP contribution in [0.1, 0.15) is 36.8 Å². The molecule has 0 amide bonds. The quantitative estimate of drug-likeness (QED) is 0.499. The molecule has 2 aromatic rings. The van der Waals surface area contributed by atoms with Gasteiger partial charge in [-0.3, -0.25) is 0 Å². The summed E-state index contributed by atoms with van der Waals surface area (Å²) in [7, 11) is -7.30. The van der Waals surface area contributed by atoms with Gasteiger partial charge in [-0.1, -0.05) is 12.1 Å². The van der Waals surface area contributed by atoms with Crippen LogP contribution in [0.2, 0.25) is 0 Å². The minimum Gasteiger partial charge on any atom is -0.377 e. The van der Waals surface area contributed by atoms with Crippen LogP contribution in [0.15, 0.2) is 46.2 Å². The number of sulfonamides is 2. The highest BCUT2D eigenvalue weighted by Crippen LogP contribution is 2.38. The summed E-state index contributed by atoms with van der Waals surface area (Å²) >= 11 is 0. The SMILES string of the molecule is O=S(=O)(NC[C@H]1CCCO1)c1ccc2c(c1)Cc1cc(S(=O)(=O)NC[C@H]3CCCO3)ccc1-2. The van der Waals surface area contributed by atoms with E-state index in [1.165, 1.54) is 0 Å². The normalized spacial score (nSPS) is 22.4. The van der Waals surface area contributed by atoms with Gasteiger partial charge in [-0.05, 0) is 78.6 Å². The summed E-state index contributed by atoms with van der Waals surface area (Å²) < 4.78 is 67.3. The molecule has 0 radical (unpaired) electrons. The third-order valence-corrected chi connectivity index (χ3v) is 9.34. The minimum absolute atomic E-state index is 0.0762. The molecule has 33 heavy (non-hydrogen) atoms. The zero-order valence-electron chi connectivity index (χ0n) is 18.2. The fourth-order valence-corrected chi connectivity index (χ4v) is 6.91. The van der Waals surface area contributed by atoms with Gasteiger partial charge >= 0.3 is 0 Å². The molecule has 10 heteroatoms. The first-order chi connectivity index (χ1) is 15.8. The van der Waals surface area contributed by atoms with Crippen LogP contribution in [0.4, 0.5) is 0 Å². The Morgan fingerprint density at radius 1 is 0.727 bits per heavy atom. The Bertz CT molecular complexity index is 1150. The summed E-state index contributed by atoms with van der Waals surface area (Å²) in [4.78, 5) is 0.413. The van der Waals surface area contributed by atoms with Crippen molar-refractivity contribution in [2.24, 2.45) is 0 Å². The fraction of sp³-hybridized carbons (Fsp3) is 0.478. The molecule has 0 unspecified atom stereocenters. The molecule has 2 fully saturated rings. The van der Waals surface area contributed by atoms with Crippen molar-refractivity contribution in [3.8, 4) is 11.1 Å². The Morgan fingerprint density at radius 3 is 1.58 bits per heavy atom. The molecule has 178 valence electrons. The lowest BCUT2D eigenvalue weighted by Crippen LogP contribution is -2.31. The van der Waals surface area contributed by atoms with Gasteiger partial charge < -0.3 is 9.47 Å². The highest BCUT2D eigenvalue weighted by molar-refractivity contribution is 7.89. The second kappa shape index (κ2) is 9.09. The van der Waals surface area contributed by atoms with Crippen LogP contribution in [0.3, 0.4) is 0 Å². The maximum atomic E-state index is 12.8. The second-order valence-electron chi connectivity index (χ2n) is 8.79. The van der Waals surface area contributed by atoms with E-state index in [9.17, 15) is 16.8 Å². The molecule has 0 aromatic heterocycles. The van der Waals surface area contributed by atoms with Crippen molar-refractivity contribution >= 4 is 20.0 Å². The Labute approximate surface area is 194 Å². The van der Waals surface area contributed by atoms with Crippen LogP contribution in [0.5, 0.6) is 0 Å². The zero-order chi connectivity index (χ0) is 23.1. The Morgan fingerprint density at radius 2 is 1.18 bits per heavy atom. The number of ether oxygens (including phenoxy) is 2. The van der Waals surface area contributed by atoms with Gasteiger partial charge in [0.1, 0.15) is 0 Å². The largest absolute Gasteiger partial charge is 0.377 e. The van der Waals surface area contributed by atoms with Gasteiger partial charge in [0.15, 0.2) is 0 Å². The summed E-state index contributed by atoms with van der Waals surface area (Å²) in [6.07, 6.45) is 3.94. The smallest absolute Gasteiger partial charge is 0.240 e. The molecular formula is C23H28N2O6S2. The fourth-order valence-electron chi connectivity index (χ4n) is 4.68. The van der Waals surface area contributed by atoms with E-state index in [1.807, 2.05) is 0 Å². The van der Waals surface area contributed by atoms with Crippen molar-refractivity contribution in [3.05, 3.63) is 47.5 Å². The van der Waals surface area contributed by atoms with E-state index in [0.717, 1.165) is 47.9 Å². The molecule has 2 aliphatic heterocycles. The Balaban J connectivity index is 1.31. The second-order valence-corrected chi connectivity index (χ2v) is 12.3. The lowest BCUT2D eigenvalue weighted by Gasteiger charge is -2.12. The molecular weight excluding hydrogens is 464 g/mol. The van der Waals surface area contributed by atoms with Crippen LogP contribution in [0.25, 0.3) is 11.1 Å². The first-order valence-corrected chi connectivity index (χ1v) is 14.3. The van der Waals surface area contributed by atoms with Crippen molar-refractivity contribution < 1.29 is 26.3 Å². The van der Waals surface area contributed by atoms with Gasteiger partial charge in [0.2, 0.25) is 20.0 Å². The molecule has 0 saturated carbocycles. The van der Waals surface area contributed by atoms with Gasteiger partial charge in [0, 0.05) is 26.3 Å². The average Bonchev–Trinajstić information content (AvgIpc) is 3.56. The lowest BCUT2D eigenvalue weighted by atomic mass is 10.1. The van der Waals surface area contributed by atoms with Crippen LogP contribution < -0.4 is 9.44 Å². The van der Waals surface area contributed by atoms with Gasteiger partial charge in [-0.15, -0.1) is 0 Å². The number of benzene rings is 2. The summed E-state index contributed by atoms with van der Waals surface area (Å²) in [6.45, 7) is 1.87. The molecule has 2 N–H and O–H groups in total. The molecule has 3 aliphatic rings. The van der Waals surface area contributed by atoms with Crippen molar-refractivity contribution in [1.29, 1.82) is 0 Å². The van der Waals surface area contributed by atoms with Gasteiger partial charge in [0.05, 0.1) is 22.0 Å². The van der Waals surface area contributed by atoms with E-state index in [4.69, 9.17) is 9.47 Å². The molecule has 1 aliphatic carbocycles. The summed E-state index contributed by atoms with van der Waals surface area (Å²) in [5.41, 5.74) is 3.59. The van der Waals surface area contributed by atoms with Crippen LogP contribution >= 0.6 is 0 Å². The highest BCUT2D eigenvalue weighted by atomic mass is 32.2. The third kappa shape index (κ3) is 4.87. The summed E-state index contributed by atoms with van der Waals surface area (Å²) in [5.74, 6) is 0. The molecule has 2 aromatic carbocycles. The molecule has 2 saturated heterocycles. The lowest BCUT2D eigenvalue weighted by molar-refractivity contribution is 0.114. The monoisotopic (exact) mass is 492 g/mol. The number of fused-ring (bicyclic) bond motifs is 3. The molecule has 2 atom stereocenters. The number of hydrogen-bond donors (Lipinski definition) is 2. The van der Waals surface area contributed by atoms with E-state index in [2.05, 4.69) is 9.44 Å². The predicted octanol–water partition coefficient (Wildman–Crippen LogP) is 2.17. The van der Waals surface area contributed by atoms with E-state index >= 15 is 0 Å². The van der Waals surface area contributed by atoms with Gasteiger partial charge in [-0.25, -0.2) is 26.3 Å². The average molecular weight is 493 g/mol. The van der Waals surface area contributed by atoms with Crippen molar-refractivity contribution in [2.75, 3.05) is 26.3 Å². The van der Waals surface area contributed by atoms with Crippen molar-refractivity contribution in [1.82, 2.24) is 9.44 Å². The van der Waals surface area contributed by atoms with E-state index < -0.39 is 20.0 Å². The Hall–Kier alpha value is -1.82. The third-order valence-electron chi connectivity index (χ3n) is 6.50. The minimum atomic E-state index is -3.65. The van der Waals surface area contributed by atoms with E-state index in [-0.39, 0.29) is 35.1 Å². The van der Waals surface area contributed by atoms with Gasteiger partial charge in [0.25, 0.3) is 0 Å². The zero-order valence-corrected chi connectivity index (χ0v) is 19.9. The topological polar surface area (TPSA) is 111 Å². The molecule has 5 rings (SSSR count). The predicted molar refractivity (Wildman–Crippen MR) is 123 cm³/mol. The Kier molecular flexibility index (Phi) is 6.32. The maximum Gasteiger partial charge on any atom is 0.240 e. The molecule has 0 bridgehead atoms. The first-order valence-electron chi connectivity index (χ1n) is 11.3. The van der Waals surface area contributed by atoms with Crippen molar-refractivity contribution in [2.45, 2.75) is 54.1 Å². The van der Waals surface area contributed by atoms with E-state index in [0.29, 0.717) is 19.6 Å². The highest BCUT2D eigenvalue weighted by Gasteiger charge is 2.26. The summed E-state index contributed by atoms with van der Waals surface area (Å²) in [6, 6.07) is 10.1. The van der Waals surface area contributed by atoms with Crippen molar-refractivity contribution in [3.63, 3.8) is 0 Å². The molecule has 0 spiro atoms. The van der Waals surface area contributed by atoms with Crippen LogP contribution in [-0.4, -0.2) is 55.3 Å². The first kappa shape index (κ1) is 22.9. The number of hydrogen-bond acceptors (Lipinski definition) is 6. The molecule has 2 heterocycles. The summed E-state index contributed by atoms with van der Waals surface area (Å²) in [5, 5.41) is 0. The van der Waals surface area contributed by atoms with Crippen LogP contribution in [0, 0.1) is 0 Å². The molecule has 8 nitrogen and oxygen atoms in total. The van der Waals surface area contributed by atoms with Crippen LogP contribution in [-0.2, 0) is 35.9 Å². The maximum absolute atomic E-state index is 12.8. The standard InChI is InChI=1S/C23H28N2O6S2/c26-32(27,24-14-18-3-1-9-30-18)20-5-7-22-16(12-20)11-17-13-21(6-8-23(17)22)33(28,29)25-15-19-4-2-10-31-19/h5-8,12-13,18-19,24-25H,1-4,9-11,14-15H2/t18-,19-/m1/s1. The van der Waals surface area contributed by atoms with Gasteiger partial charge in [-0.2, -0.15) is 0 Å². The number of nitrogens with one attached hydrogen (secondary N) is 2.